The number of rotatable bonds is 8. The predicted octanol–water partition coefficient (Wildman–Crippen LogP) is -0.461. The predicted molar refractivity (Wildman–Crippen MR) is 131 cm³/mol. The van der Waals surface area contributed by atoms with Gasteiger partial charge in [0.2, 0.25) is 11.1 Å². The highest BCUT2D eigenvalue weighted by molar-refractivity contribution is 8.01. The van der Waals surface area contributed by atoms with Gasteiger partial charge < -0.3 is 21.0 Å². The summed E-state index contributed by atoms with van der Waals surface area (Å²) in [7, 11) is 2.89. The first kappa shape index (κ1) is 27.4. The number of hydrogen-bond donors (Lipinski definition) is 3. The van der Waals surface area contributed by atoms with Crippen LogP contribution in [0.3, 0.4) is 0 Å². The van der Waals surface area contributed by atoms with Gasteiger partial charge in [0.15, 0.2) is 5.71 Å². The number of nitrogens with two attached hydrogens (primary N) is 1. The van der Waals surface area contributed by atoms with Crippen LogP contribution in [0.4, 0.5) is 5.95 Å². The first-order valence-electron chi connectivity index (χ1n) is 9.68. The molecule has 0 bridgehead atoms. The van der Waals surface area contributed by atoms with E-state index in [1.54, 1.807) is 7.05 Å². The standard InChI is InChI=1S/C17H17ClN10O5S2.ClH/c1-27-17(23-25-26-27)35-5-6-4-34-14-10(13(30)28(14)11(6)15(31)32)22-12(29)9(24-33-2)7-3-8(18)21-16(19)20-7;/h3,10,14H,4-5H2,1-2H3,(H,22,29)(H,31,32)(H2,19,20,21);1H/b24-9+;. The summed E-state index contributed by atoms with van der Waals surface area (Å²) in [5.41, 5.74) is 5.72. The Balaban J connectivity index is 0.00000361. The second-order valence-electron chi connectivity index (χ2n) is 7.05. The van der Waals surface area contributed by atoms with E-state index in [1.165, 1.54) is 46.3 Å². The van der Waals surface area contributed by atoms with Crippen LogP contribution in [-0.4, -0.2) is 93.7 Å². The Morgan fingerprint density at radius 2 is 2.19 bits per heavy atom. The van der Waals surface area contributed by atoms with Gasteiger partial charge in [-0.1, -0.05) is 28.5 Å². The van der Waals surface area contributed by atoms with E-state index in [4.69, 9.17) is 22.2 Å². The maximum Gasteiger partial charge on any atom is 0.352 e. The third kappa shape index (κ3) is 5.32. The van der Waals surface area contributed by atoms with Crippen molar-refractivity contribution >= 4 is 77.0 Å². The van der Waals surface area contributed by atoms with Gasteiger partial charge >= 0.3 is 5.97 Å². The molecule has 36 heavy (non-hydrogen) atoms. The average Bonchev–Trinajstić information content (AvgIpc) is 3.22. The van der Waals surface area contributed by atoms with Crippen LogP contribution >= 0.6 is 47.5 Å². The lowest BCUT2D eigenvalue weighted by Gasteiger charge is -2.49. The van der Waals surface area contributed by atoms with Crippen LogP contribution in [0, 0.1) is 0 Å². The number of thioether (sulfide) groups is 2. The number of anilines is 1. The lowest BCUT2D eigenvalue weighted by molar-refractivity contribution is -0.150. The number of halogens is 2. The van der Waals surface area contributed by atoms with Gasteiger partial charge in [0.25, 0.3) is 11.8 Å². The van der Waals surface area contributed by atoms with E-state index < -0.39 is 29.2 Å². The summed E-state index contributed by atoms with van der Waals surface area (Å²) in [6.45, 7) is 0. The molecule has 192 valence electrons. The molecule has 2 atom stereocenters. The van der Waals surface area contributed by atoms with Crippen molar-refractivity contribution in [2.45, 2.75) is 16.6 Å². The van der Waals surface area contributed by atoms with E-state index in [9.17, 15) is 19.5 Å². The monoisotopic (exact) mass is 576 g/mol. The Kier molecular flexibility index (Phi) is 8.59. The van der Waals surface area contributed by atoms with Crippen LogP contribution in [0.1, 0.15) is 5.69 Å². The number of oxime groups is 1. The summed E-state index contributed by atoms with van der Waals surface area (Å²) in [6, 6.07) is 0.275. The minimum absolute atomic E-state index is 0. The minimum atomic E-state index is -1.24. The molecule has 2 aromatic heterocycles. The van der Waals surface area contributed by atoms with Crippen molar-refractivity contribution in [1.29, 1.82) is 0 Å². The maximum atomic E-state index is 12.9. The summed E-state index contributed by atoms with van der Waals surface area (Å²) in [4.78, 5) is 51.4. The van der Waals surface area contributed by atoms with Crippen LogP contribution in [0.2, 0.25) is 5.15 Å². The SMILES string of the molecule is CO/N=C(/C(=O)NC1C(=O)N2C(C(=O)O)=C(CSc3nnnn3C)CSC12)c1cc(Cl)nc(N)n1.Cl. The molecule has 1 fully saturated rings. The molecule has 4 rings (SSSR count). The fourth-order valence-corrected chi connectivity index (χ4v) is 5.88. The number of carbonyl (C=O) groups is 3. The van der Waals surface area contributed by atoms with Crippen molar-refractivity contribution in [3.8, 4) is 0 Å². The zero-order valence-electron chi connectivity index (χ0n) is 18.5. The molecule has 2 aliphatic heterocycles. The van der Waals surface area contributed by atoms with Crippen LogP contribution < -0.4 is 11.1 Å². The fourth-order valence-electron chi connectivity index (χ4n) is 3.35. The number of carbonyl (C=O) groups excluding carboxylic acids is 2. The van der Waals surface area contributed by atoms with Gasteiger partial charge in [-0.15, -0.1) is 29.3 Å². The fraction of sp³-hybridized carbons (Fsp3) is 0.353. The summed E-state index contributed by atoms with van der Waals surface area (Å²) >= 11 is 8.46. The van der Waals surface area contributed by atoms with Crippen molar-refractivity contribution in [2.75, 3.05) is 24.3 Å². The number of nitrogens with one attached hydrogen (secondary N) is 1. The largest absolute Gasteiger partial charge is 0.477 e. The van der Waals surface area contributed by atoms with E-state index in [0.29, 0.717) is 16.5 Å². The Morgan fingerprint density at radius 1 is 1.44 bits per heavy atom. The summed E-state index contributed by atoms with van der Waals surface area (Å²) in [5.74, 6) is -2.18. The van der Waals surface area contributed by atoms with Crippen LogP contribution in [0.25, 0.3) is 0 Å². The first-order valence-corrected chi connectivity index (χ1v) is 12.1. The van der Waals surface area contributed by atoms with Crippen molar-refractivity contribution in [1.82, 2.24) is 40.4 Å². The quantitative estimate of drug-likeness (QED) is 0.120. The topological polar surface area (TPSA) is 204 Å². The van der Waals surface area contributed by atoms with E-state index in [-0.39, 0.29) is 46.4 Å². The van der Waals surface area contributed by atoms with E-state index in [2.05, 4.69) is 36.0 Å². The molecule has 0 spiro atoms. The number of aryl methyl sites for hydroxylation is 1. The van der Waals surface area contributed by atoms with Crippen LogP contribution in [0.15, 0.2) is 27.6 Å². The number of hydrogen-bond acceptors (Lipinski definition) is 13. The molecule has 0 aromatic carbocycles. The molecule has 19 heteroatoms. The number of β-lactam (4-membered cyclic amide) rings is 1. The third-order valence-corrected chi connectivity index (χ3v) is 7.48. The molecule has 15 nitrogen and oxygen atoms in total. The van der Waals surface area contributed by atoms with Crippen molar-refractivity contribution < 1.29 is 24.3 Å². The first-order chi connectivity index (χ1) is 16.7. The number of aromatic nitrogens is 6. The van der Waals surface area contributed by atoms with Gasteiger partial charge in [-0.3, -0.25) is 14.5 Å². The van der Waals surface area contributed by atoms with Gasteiger partial charge in [-0.25, -0.2) is 19.4 Å². The van der Waals surface area contributed by atoms with E-state index in [0.717, 1.165) is 0 Å². The molecule has 2 aliphatic rings. The highest BCUT2D eigenvalue weighted by Gasteiger charge is 2.54. The number of tetrazole rings is 1. The number of nitrogens with zero attached hydrogens (tertiary/aromatic N) is 8. The number of aliphatic carboxylic acids is 1. The summed E-state index contributed by atoms with van der Waals surface area (Å²) in [5, 5.41) is 27.1. The van der Waals surface area contributed by atoms with Gasteiger partial charge in [0.1, 0.15) is 35.1 Å². The maximum absolute atomic E-state index is 12.9. The Hall–Kier alpha value is -3.15. The van der Waals surface area contributed by atoms with E-state index in [1.807, 2.05) is 0 Å². The van der Waals surface area contributed by atoms with Gasteiger partial charge in [0.05, 0.1) is 0 Å². The molecule has 0 aliphatic carbocycles. The zero-order chi connectivity index (χ0) is 25.3. The molecule has 2 amide bonds. The lowest BCUT2D eigenvalue weighted by Crippen LogP contribution is -2.71. The lowest BCUT2D eigenvalue weighted by atomic mass is 10.0. The van der Waals surface area contributed by atoms with Gasteiger partial charge in [-0.2, -0.15) is 0 Å². The van der Waals surface area contributed by atoms with Crippen LogP contribution in [-0.2, 0) is 26.3 Å². The molecule has 4 heterocycles. The summed E-state index contributed by atoms with van der Waals surface area (Å²) in [6.07, 6.45) is 0. The molecule has 4 N–H and O–H groups in total. The van der Waals surface area contributed by atoms with Crippen LogP contribution in [0.5, 0.6) is 0 Å². The van der Waals surface area contributed by atoms with Crippen molar-refractivity contribution in [3.63, 3.8) is 0 Å². The number of carboxylic acid groups (broad SMARTS) is 1. The molecule has 0 radical (unpaired) electrons. The number of nitrogen functional groups attached to an aromatic ring is 1. The number of amides is 2. The molecule has 0 saturated carbocycles. The van der Waals surface area contributed by atoms with Crippen molar-refractivity contribution in [3.05, 3.63) is 28.2 Å². The minimum Gasteiger partial charge on any atom is -0.477 e. The highest BCUT2D eigenvalue weighted by Crippen LogP contribution is 2.41. The number of carboxylic acids is 1. The molecular formula is C17H18Cl2N10O5S2. The molecule has 1 saturated heterocycles. The van der Waals surface area contributed by atoms with Crippen molar-refractivity contribution in [2.24, 2.45) is 12.2 Å². The normalized spacial score (nSPS) is 19.2. The zero-order valence-corrected chi connectivity index (χ0v) is 21.7. The Labute approximate surface area is 222 Å². The highest BCUT2D eigenvalue weighted by atomic mass is 35.5. The number of fused-ring (bicyclic) bond motifs is 1. The van der Waals surface area contributed by atoms with Gasteiger partial charge in [0, 0.05) is 24.6 Å². The van der Waals surface area contributed by atoms with Gasteiger partial charge in [-0.05, 0) is 16.0 Å². The molecule has 2 aromatic rings. The second-order valence-corrected chi connectivity index (χ2v) is 9.48. The molecular weight excluding hydrogens is 559 g/mol. The second kappa shape index (κ2) is 11.3. The Morgan fingerprint density at radius 3 is 2.81 bits per heavy atom. The van der Waals surface area contributed by atoms with E-state index >= 15 is 0 Å². The third-order valence-electron chi connectivity index (χ3n) is 4.85. The average molecular weight is 577 g/mol. The summed E-state index contributed by atoms with van der Waals surface area (Å²) < 4.78 is 1.46. The molecule has 2 unspecified atom stereocenters. The Bertz CT molecular complexity index is 1250. The smallest absolute Gasteiger partial charge is 0.352 e.